The molecule has 2 rings (SSSR count). The van der Waals surface area contributed by atoms with Crippen molar-refractivity contribution in [2.45, 2.75) is 33.0 Å². The Labute approximate surface area is 136 Å². The minimum Gasteiger partial charge on any atom is -0.349 e. The van der Waals surface area contributed by atoms with Gasteiger partial charge >= 0.3 is 0 Å². The molecule has 0 aliphatic rings. The summed E-state index contributed by atoms with van der Waals surface area (Å²) in [5, 5.41) is 2.82. The first-order valence-electron chi connectivity index (χ1n) is 7.56. The van der Waals surface area contributed by atoms with Gasteiger partial charge in [0, 0.05) is 19.7 Å². The van der Waals surface area contributed by atoms with Gasteiger partial charge in [0.25, 0.3) is 0 Å². The number of hydrogen-bond acceptors (Lipinski definition) is 3. The van der Waals surface area contributed by atoms with Crippen LogP contribution in [0.15, 0.2) is 54.7 Å². The van der Waals surface area contributed by atoms with Crippen LogP contribution in [0.4, 0.5) is 0 Å². The van der Waals surface area contributed by atoms with Gasteiger partial charge in [0.1, 0.15) is 6.04 Å². The van der Waals surface area contributed by atoms with Gasteiger partial charge in [0.05, 0.1) is 12.2 Å². The van der Waals surface area contributed by atoms with Gasteiger partial charge in [-0.15, -0.1) is 0 Å². The molecule has 23 heavy (non-hydrogen) atoms. The van der Waals surface area contributed by atoms with Crippen molar-refractivity contribution in [1.82, 2.24) is 15.2 Å². The molecule has 0 saturated carbocycles. The number of hydrogen-bond donors (Lipinski definition) is 1. The van der Waals surface area contributed by atoms with Crippen molar-refractivity contribution in [2.75, 3.05) is 0 Å². The van der Waals surface area contributed by atoms with Gasteiger partial charge in [0.2, 0.25) is 11.8 Å². The fraction of sp³-hybridized carbons (Fsp3) is 0.278. The minimum absolute atomic E-state index is 0.130. The van der Waals surface area contributed by atoms with Gasteiger partial charge in [-0.25, -0.2) is 0 Å². The first-order chi connectivity index (χ1) is 11.1. The molecule has 5 heteroatoms. The van der Waals surface area contributed by atoms with Gasteiger partial charge in [-0.05, 0) is 24.6 Å². The lowest BCUT2D eigenvalue weighted by Crippen LogP contribution is -2.46. The molecule has 2 aromatic rings. The summed E-state index contributed by atoms with van der Waals surface area (Å²) in [7, 11) is 0. The highest BCUT2D eigenvalue weighted by atomic mass is 16.2. The molecule has 2 amide bonds. The Balaban J connectivity index is 1.98. The molecule has 0 radical (unpaired) electrons. The smallest absolute Gasteiger partial charge is 0.242 e. The van der Waals surface area contributed by atoms with Gasteiger partial charge in [-0.1, -0.05) is 36.4 Å². The second-order valence-corrected chi connectivity index (χ2v) is 5.35. The number of nitrogens with zero attached hydrogens (tertiary/aromatic N) is 2. The van der Waals surface area contributed by atoms with Crippen LogP contribution in [-0.4, -0.2) is 27.7 Å². The topological polar surface area (TPSA) is 62.3 Å². The first-order valence-corrected chi connectivity index (χ1v) is 7.56. The van der Waals surface area contributed by atoms with Crippen molar-refractivity contribution in [3.63, 3.8) is 0 Å². The van der Waals surface area contributed by atoms with Gasteiger partial charge in [-0.3, -0.25) is 14.6 Å². The lowest BCUT2D eigenvalue weighted by Gasteiger charge is -2.27. The normalized spacial score (nSPS) is 11.6. The first kappa shape index (κ1) is 16.7. The largest absolute Gasteiger partial charge is 0.349 e. The Morgan fingerprint density at radius 1 is 1.13 bits per heavy atom. The molecule has 0 bridgehead atoms. The summed E-state index contributed by atoms with van der Waals surface area (Å²) in [5.74, 6) is -0.323. The Bertz CT molecular complexity index is 644. The van der Waals surface area contributed by atoms with E-state index in [9.17, 15) is 9.59 Å². The van der Waals surface area contributed by atoms with Crippen molar-refractivity contribution >= 4 is 11.8 Å². The van der Waals surface area contributed by atoms with Crippen LogP contribution in [0.5, 0.6) is 0 Å². The van der Waals surface area contributed by atoms with E-state index in [4.69, 9.17) is 0 Å². The zero-order valence-electron chi connectivity index (χ0n) is 13.4. The lowest BCUT2D eigenvalue weighted by atomic mass is 10.1. The number of nitrogens with one attached hydrogen (secondary N) is 1. The highest BCUT2D eigenvalue weighted by molar-refractivity contribution is 5.86. The third kappa shape index (κ3) is 4.92. The molecular weight excluding hydrogens is 290 g/mol. The van der Waals surface area contributed by atoms with E-state index in [0.29, 0.717) is 13.1 Å². The molecule has 0 spiro atoms. The van der Waals surface area contributed by atoms with Crippen molar-refractivity contribution in [3.05, 3.63) is 66.0 Å². The zero-order chi connectivity index (χ0) is 16.7. The average Bonchev–Trinajstić information content (AvgIpc) is 2.58. The van der Waals surface area contributed by atoms with Crippen LogP contribution in [0.25, 0.3) is 0 Å². The van der Waals surface area contributed by atoms with Crippen molar-refractivity contribution in [2.24, 2.45) is 0 Å². The number of aromatic nitrogens is 1. The molecule has 120 valence electrons. The summed E-state index contributed by atoms with van der Waals surface area (Å²) in [4.78, 5) is 29.9. The number of rotatable bonds is 6. The lowest BCUT2D eigenvalue weighted by molar-refractivity contribution is -0.139. The standard InChI is InChI=1S/C18H21N3O2/c1-14(18(23)20-12-17-10-6-7-11-19-17)21(15(2)22)13-16-8-4-3-5-9-16/h3-11,14H,12-13H2,1-2H3,(H,20,23)/t14-/m0/s1. The summed E-state index contributed by atoms with van der Waals surface area (Å²) in [6.07, 6.45) is 1.68. The van der Waals surface area contributed by atoms with E-state index in [0.717, 1.165) is 11.3 Å². The SMILES string of the molecule is CC(=O)N(Cc1ccccc1)[C@@H](C)C(=O)NCc1ccccn1. The molecule has 1 aromatic heterocycles. The van der Waals surface area contributed by atoms with E-state index < -0.39 is 6.04 Å². The summed E-state index contributed by atoms with van der Waals surface area (Å²) in [5.41, 5.74) is 1.78. The van der Waals surface area contributed by atoms with Crippen LogP contribution in [0.3, 0.4) is 0 Å². The van der Waals surface area contributed by atoms with E-state index in [1.54, 1.807) is 18.0 Å². The zero-order valence-corrected chi connectivity index (χ0v) is 13.4. The molecule has 0 fully saturated rings. The van der Waals surface area contributed by atoms with Crippen LogP contribution in [0.1, 0.15) is 25.1 Å². The Hall–Kier alpha value is -2.69. The highest BCUT2D eigenvalue weighted by Gasteiger charge is 2.23. The van der Waals surface area contributed by atoms with Crippen LogP contribution < -0.4 is 5.32 Å². The monoisotopic (exact) mass is 311 g/mol. The van der Waals surface area contributed by atoms with Crippen molar-refractivity contribution < 1.29 is 9.59 Å². The third-order valence-corrected chi connectivity index (χ3v) is 3.62. The minimum atomic E-state index is -0.545. The van der Waals surface area contributed by atoms with Gasteiger partial charge in [0.15, 0.2) is 0 Å². The Morgan fingerprint density at radius 3 is 2.43 bits per heavy atom. The van der Waals surface area contributed by atoms with E-state index in [2.05, 4.69) is 10.3 Å². The quantitative estimate of drug-likeness (QED) is 0.889. The summed E-state index contributed by atoms with van der Waals surface area (Å²) in [6, 6.07) is 14.6. The molecule has 0 unspecified atom stereocenters. The summed E-state index contributed by atoms with van der Waals surface area (Å²) < 4.78 is 0. The molecule has 1 aromatic carbocycles. The van der Waals surface area contributed by atoms with Crippen LogP contribution in [-0.2, 0) is 22.7 Å². The van der Waals surface area contributed by atoms with E-state index in [1.165, 1.54) is 6.92 Å². The molecular formula is C18H21N3O2. The van der Waals surface area contributed by atoms with Crippen molar-refractivity contribution in [1.29, 1.82) is 0 Å². The Morgan fingerprint density at radius 2 is 1.83 bits per heavy atom. The molecule has 1 N–H and O–H groups in total. The van der Waals surface area contributed by atoms with Gasteiger partial charge < -0.3 is 10.2 Å². The number of benzene rings is 1. The fourth-order valence-corrected chi connectivity index (χ4v) is 2.27. The average molecular weight is 311 g/mol. The maximum absolute atomic E-state index is 12.3. The van der Waals surface area contributed by atoms with Crippen LogP contribution >= 0.6 is 0 Å². The predicted molar refractivity (Wildman–Crippen MR) is 88.2 cm³/mol. The van der Waals surface area contributed by atoms with Crippen LogP contribution in [0, 0.1) is 0 Å². The molecule has 5 nitrogen and oxygen atoms in total. The number of pyridine rings is 1. The highest BCUT2D eigenvalue weighted by Crippen LogP contribution is 2.09. The third-order valence-electron chi connectivity index (χ3n) is 3.62. The van der Waals surface area contributed by atoms with E-state index in [-0.39, 0.29) is 11.8 Å². The molecule has 1 heterocycles. The van der Waals surface area contributed by atoms with Crippen LogP contribution in [0.2, 0.25) is 0 Å². The maximum atomic E-state index is 12.3. The molecule has 0 aliphatic carbocycles. The molecule has 0 aliphatic heterocycles. The van der Waals surface area contributed by atoms with Crippen molar-refractivity contribution in [3.8, 4) is 0 Å². The van der Waals surface area contributed by atoms with E-state index in [1.807, 2.05) is 48.5 Å². The summed E-state index contributed by atoms with van der Waals surface area (Å²) in [6.45, 7) is 3.97. The van der Waals surface area contributed by atoms with Gasteiger partial charge in [-0.2, -0.15) is 0 Å². The maximum Gasteiger partial charge on any atom is 0.242 e. The Kier molecular flexibility index (Phi) is 5.86. The van der Waals surface area contributed by atoms with E-state index >= 15 is 0 Å². The number of carbonyl (C=O) groups is 2. The fourth-order valence-electron chi connectivity index (χ4n) is 2.27. The number of amides is 2. The second-order valence-electron chi connectivity index (χ2n) is 5.35. The summed E-state index contributed by atoms with van der Waals surface area (Å²) >= 11 is 0. The number of carbonyl (C=O) groups excluding carboxylic acids is 2. The molecule has 0 saturated heterocycles. The second kappa shape index (κ2) is 8.08. The molecule has 1 atom stereocenters. The predicted octanol–water partition coefficient (Wildman–Crippen LogP) is 2.13.